The molecule has 7 nitrogen and oxygen atoms in total. The number of likely N-dealkylation sites (tertiary alicyclic amines) is 1. The molecule has 1 fully saturated rings. The molecule has 2 heterocycles. The second kappa shape index (κ2) is 5.26. The number of benzene rings is 1. The molecule has 3 rings (SSSR count). The number of nitro groups is 1. The van der Waals surface area contributed by atoms with E-state index in [2.05, 4.69) is 4.57 Å². The van der Waals surface area contributed by atoms with Crippen molar-refractivity contribution in [2.75, 3.05) is 13.1 Å². The van der Waals surface area contributed by atoms with Crippen LogP contribution in [0.3, 0.4) is 0 Å². The molecular formula is C16H19N3O4. The van der Waals surface area contributed by atoms with Crippen LogP contribution in [0.4, 0.5) is 10.5 Å². The quantitative estimate of drug-likeness (QED) is 0.628. The van der Waals surface area contributed by atoms with Gasteiger partial charge in [-0.2, -0.15) is 0 Å². The van der Waals surface area contributed by atoms with Gasteiger partial charge in [-0.05, 0) is 32.9 Å². The summed E-state index contributed by atoms with van der Waals surface area (Å²) in [6.45, 7) is 6.68. The minimum atomic E-state index is -0.499. The lowest BCUT2D eigenvalue weighted by Gasteiger charge is -2.40. The van der Waals surface area contributed by atoms with E-state index in [-0.39, 0.29) is 17.8 Å². The summed E-state index contributed by atoms with van der Waals surface area (Å²) < 4.78 is 7.40. The molecule has 1 aliphatic heterocycles. The first-order valence-corrected chi connectivity index (χ1v) is 7.47. The van der Waals surface area contributed by atoms with Gasteiger partial charge in [0.1, 0.15) is 5.60 Å². The van der Waals surface area contributed by atoms with Crippen LogP contribution >= 0.6 is 0 Å². The SMILES string of the molecule is CC(C)(C)OC(=O)N1CC(n2ccc3cc([N+](=O)[O-])ccc32)C1. The molecule has 2 aromatic rings. The smallest absolute Gasteiger partial charge is 0.410 e. The highest BCUT2D eigenvalue weighted by Crippen LogP contribution is 2.29. The van der Waals surface area contributed by atoms with Crippen LogP contribution in [0.1, 0.15) is 26.8 Å². The monoisotopic (exact) mass is 317 g/mol. The molecule has 0 saturated carbocycles. The van der Waals surface area contributed by atoms with Crippen molar-refractivity contribution in [3.8, 4) is 0 Å². The van der Waals surface area contributed by atoms with Crippen LogP contribution in [0.25, 0.3) is 10.9 Å². The average molecular weight is 317 g/mol. The minimum Gasteiger partial charge on any atom is -0.444 e. The summed E-state index contributed by atoms with van der Waals surface area (Å²) in [5.41, 5.74) is 0.519. The Balaban J connectivity index is 1.72. The highest BCUT2D eigenvalue weighted by atomic mass is 16.6. The Morgan fingerprint density at radius 1 is 1.30 bits per heavy atom. The van der Waals surface area contributed by atoms with Gasteiger partial charge in [0.15, 0.2) is 0 Å². The molecule has 1 amide bonds. The van der Waals surface area contributed by atoms with E-state index in [1.54, 1.807) is 17.0 Å². The number of rotatable bonds is 2. The van der Waals surface area contributed by atoms with Crippen LogP contribution in [-0.2, 0) is 4.74 Å². The van der Waals surface area contributed by atoms with Gasteiger partial charge in [0, 0.05) is 42.3 Å². The molecule has 1 aromatic carbocycles. The summed E-state index contributed by atoms with van der Waals surface area (Å²) in [6.07, 6.45) is 1.60. The zero-order chi connectivity index (χ0) is 16.8. The fourth-order valence-corrected chi connectivity index (χ4v) is 2.69. The van der Waals surface area contributed by atoms with E-state index in [0.29, 0.717) is 13.1 Å². The van der Waals surface area contributed by atoms with E-state index >= 15 is 0 Å². The van der Waals surface area contributed by atoms with E-state index in [9.17, 15) is 14.9 Å². The Bertz CT molecular complexity index is 769. The van der Waals surface area contributed by atoms with Gasteiger partial charge in [-0.1, -0.05) is 0 Å². The third kappa shape index (κ3) is 2.99. The largest absolute Gasteiger partial charge is 0.444 e. The van der Waals surface area contributed by atoms with Gasteiger partial charge in [-0.25, -0.2) is 4.79 Å². The number of amides is 1. The van der Waals surface area contributed by atoms with E-state index in [1.165, 1.54) is 6.07 Å². The van der Waals surface area contributed by atoms with Gasteiger partial charge in [-0.3, -0.25) is 10.1 Å². The molecule has 0 aliphatic carbocycles. The molecule has 0 bridgehead atoms. The maximum atomic E-state index is 12.0. The zero-order valence-electron chi connectivity index (χ0n) is 13.4. The second-order valence-corrected chi connectivity index (χ2v) is 6.76. The van der Waals surface area contributed by atoms with E-state index in [4.69, 9.17) is 4.74 Å². The minimum absolute atomic E-state index is 0.0826. The van der Waals surface area contributed by atoms with Crippen LogP contribution in [0.5, 0.6) is 0 Å². The number of aromatic nitrogens is 1. The molecule has 1 aliphatic rings. The van der Waals surface area contributed by atoms with Gasteiger partial charge in [0.05, 0.1) is 11.0 Å². The number of carbonyl (C=O) groups excluding carboxylic acids is 1. The Hall–Kier alpha value is -2.57. The van der Waals surface area contributed by atoms with Gasteiger partial charge in [0.2, 0.25) is 0 Å². The van der Waals surface area contributed by atoms with Crippen molar-refractivity contribution in [3.63, 3.8) is 0 Å². The highest BCUT2D eigenvalue weighted by Gasteiger charge is 2.35. The summed E-state index contributed by atoms with van der Waals surface area (Å²) in [7, 11) is 0. The van der Waals surface area contributed by atoms with Crippen molar-refractivity contribution in [2.24, 2.45) is 0 Å². The lowest BCUT2D eigenvalue weighted by Crippen LogP contribution is -2.52. The second-order valence-electron chi connectivity index (χ2n) is 6.76. The van der Waals surface area contributed by atoms with Gasteiger partial charge >= 0.3 is 6.09 Å². The van der Waals surface area contributed by atoms with Crippen molar-refractivity contribution < 1.29 is 14.5 Å². The normalized spacial score (nSPS) is 15.5. The molecule has 122 valence electrons. The first-order chi connectivity index (χ1) is 10.7. The molecule has 0 radical (unpaired) electrons. The predicted octanol–water partition coefficient (Wildman–Crippen LogP) is 3.34. The first-order valence-electron chi connectivity index (χ1n) is 7.47. The Kier molecular flexibility index (Phi) is 3.50. The third-order valence-electron chi connectivity index (χ3n) is 3.82. The van der Waals surface area contributed by atoms with Gasteiger partial charge in [-0.15, -0.1) is 0 Å². The molecule has 0 N–H and O–H groups in total. The summed E-state index contributed by atoms with van der Waals surface area (Å²) in [6, 6.07) is 6.85. The fraction of sp³-hybridized carbons (Fsp3) is 0.438. The average Bonchev–Trinajstić information content (AvgIpc) is 2.78. The fourth-order valence-electron chi connectivity index (χ4n) is 2.69. The lowest BCUT2D eigenvalue weighted by molar-refractivity contribution is -0.384. The topological polar surface area (TPSA) is 77.6 Å². The van der Waals surface area contributed by atoms with Crippen molar-refractivity contribution in [3.05, 3.63) is 40.6 Å². The summed E-state index contributed by atoms with van der Waals surface area (Å²) in [5, 5.41) is 11.7. The van der Waals surface area contributed by atoms with Crippen molar-refractivity contribution >= 4 is 22.7 Å². The number of fused-ring (bicyclic) bond motifs is 1. The molecule has 0 unspecified atom stereocenters. The van der Waals surface area contributed by atoms with Crippen molar-refractivity contribution in [1.82, 2.24) is 9.47 Å². The number of carbonyl (C=O) groups is 1. The molecule has 7 heteroatoms. The maximum absolute atomic E-state index is 12.0. The number of non-ortho nitro benzene ring substituents is 1. The number of nitrogens with zero attached hydrogens (tertiary/aromatic N) is 3. The van der Waals surface area contributed by atoms with Crippen molar-refractivity contribution in [2.45, 2.75) is 32.4 Å². The van der Waals surface area contributed by atoms with Crippen LogP contribution < -0.4 is 0 Å². The number of ether oxygens (including phenoxy) is 1. The standard InChI is InChI=1S/C16H19N3O4/c1-16(2,3)23-15(20)17-9-13(10-17)18-7-6-11-8-12(19(21)22)4-5-14(11)18/h4-8,13H,9-10H2,1-3H3. The van der Waals surface area contributed by atoms with Crippen LogP contribution in [0.15, 0.2) is 30.5 Å². The van der Waals surface area contributed by atoms with E-state index in [1.807, 2.05) is 33.0 Å². The van der Waals surface area contributed by atoms with Gasteiger partial charge in [0.25, 0.3) is 5.69 Å². The Morgan fingerprint density at radius 2 is 2.00 bits per heavy atom. The third-order valence-corrected chi connectivity index (χ3v) is 3.82. The zero-order valence-corrected chi connectivity index (χ0v) is 13.4. The number of hydrogen-bond acceptors (Lipinski definition) is 4. The number of hydrogen-bond donors (Lipinski definition) is 0. The Labute approximate surface area is 133 Å². The molecular weight excluding hydrogens is 298 g/mol. The van der Waals surface area contributed by atoms with Crippen molar-refractivity contribution in [1.29, 1.82) is 0 Å². The van der Waals surface area contributed by atoms with E-state index in [0.717, 1.165) is 10.9 Å². The molecule has 0 atom stereocenters. The molecule has 1 aromatic heterocycles. The van der Waals surface area contributed by atoms with E-state index < -0.39 is 10.5 Å². The summed E-state index contributed by atoms with van der Waals surface area (Å²) >= 11 is 0. The van der Waals surface area contributed by atoms with Crippen LogP contribution in [0.2, 0.25) is 0 Å². The summed E-state index contributed by atoms with van der Waals surface area (Å²) in [5.74, 6) is 0. The number of nitro benzene ring substituents is 1. The van der Waals surface area contributed by atoms with Crippen LogP contribution in [-0.4, -0.2) is 39.2 Å². The van der Waals surface area contributed by atoms with Crippen LogP contribution in [0, 0.1) is 10.1 Å². The first kappa shape index (κ1) is 15.3. The van der Waals surface area contributed by atoms with Gasteiger partial charge < -0.3 is 14.2 Å². The molecule has 23 heavy (non-hydrogen) atoms. The maximum Gasteiger partial charge on any atom is 0.410 e. The highest BCUT2D eigenvalue weighted by molar-refractivity contribution is 5.83. The summed E-state index contributed by atoms with van der Waals surface area (Å²) in [4.78, 5) is 24.0. The molecule has 1 saturated heterocycles. The molecule has 0 spiro atoms. The Morgan fingerprint density at radius 3 is 2.61 bits per heavy atom. The lowest BCUT2D eigenvalue weighted by atomic mass is 10.1. The predicted molar refractivity (Wildman–Crippen MR) is 85.4 cm³/mol.